The molecule has 5 atom stereocenters. The highest BCUT2D eigenvalue weighted by molar-refractivity contribution is 5.90. The first-order chi connectivity index (χ1) is 16.6. The minimum Gasteiger partial charge on any atom is -0.480 e. The zero-order valence-corrected chi connectivity index (χ0v) is 21.4. The lowest BCUT2D eigenvalue weighted by atomic mass is 9.73. The van der Waals surface area contributed by atoms with Gasteiger partial charge in [-0.3, -0.25) is 4.79 Å². The second-order valence-electron chi connectivity index (χ2n) is 10.6. The van der Waals surface area contributed by atoms with Crippen LogP contribution in [0.1, 0.15) is 44.9 Å². The zero-order chi connectivity index (χ0) is 25.5. The highest BCUT2D eigenvalue weighted by atomic mass is 16.5. The second-order valence-corrected chi connectivity index (χ2v) is 10.6. The maximum Gasteiger partial charge on any atom is 0.329 e. The van der Waals surface area contributed by atoms with E-state index in [1.165, 1.54) is 0 Å². The van der Waals surface area contributed by atoms with Gasteiger partial charge in [0, 0.05) is 44.2 Å². The van der Waals surface area contributed by atoms with Gasteiger partial charge in [-0.15, -0.1) is 0 Å². The molecule has 0 radical (unpaired) electrons. The summed E-state index contributed by atoms with van der Waals surface area (Å²) in [6.45, 7) is 8.13. The average molecular weight is 481 g/mol. The Labute approximate surface area is 207 Å². The van der Waals surface area contributed by atoms with E-state index >= 15 is 0 Å². The summed E-state index contributed by atoms with van der Waals surface area (Å²) in [5, 5.41) is 0. The summed E-state index contributed by atoms with van der Waals surface area (Å²) in [5.41, 5.74) is 8.36. The second kappa shape index (κ2) is 9.49. The molecule has 8 heteroatoms. The van der Waals surface area contributed by atoms with Gasteiger partial charge in [0.2, 0.25) is 0 Å². The Morgan fingerprint density at radius 2 is 1.91 bits per heavy atom. The molecular weight excluding hydrogens is 444 g/mol. The standard InChI is InChI=1S/C27H36N4O4/c1-7-34-26(33)23-20(27(2,3)4)21(28)22(17-12-10-14-29-24(17)30(5)6)31(23)25(32)19-15-16-11-8-9-13-18(16)35-19/h8-14,19-23H,7,15,28H2,1-6H3/t19-,20-,21-,22-,23-/m0/s1. The van der Waals surface area contributed by atoms with Crippen molar-refractivity contribution in [2.45, 2.75) is 58.3 Å². The molecule has 188 valence electrons. The summed E-state index contributed by atoms with van der Waals surface area (Å²) >= 11 is 0. The number of likely N-dealkylation sites (tertiary alicyclic amines) is 1. The summed E-state index contributed by atoms with van der Waals surface area (Å²) in [7, 11) is 3.80. The molecule has 4 rings (SSSR count). The third-order valence-electron chi connectivity index (χ3n) is 6.98. The predicted octanol–water partition coefficient (Wildman–Crippen LogP) is 2.96. The van der Waals surface area contributed by atoms with Crippen LogP contribution in [-0.4, -0.2) is 60.7 Å². The average Bonchev–Trinajstić information content (AvgIpc) is 3.37. The summed E-state index contributed by atoms with van der Waals surface area (Å²) in [6.07, 6.45) is 1.42. The van der Waals surface area contributed by atoms with Crippen molar-refractivity contribution in [1.82, 2.24) is 9.88 Å². The van der Waals surface area contributed by atoms with E-state index in [-0.39, 0.29) is 23.8 Å². The number of anilines is 1. The van der Waals surface area contributed by atoms with Crippen LogP contribution >= 0.6 is 0 Å². The van der Waals surface area contributed by atoms with Crippen LogP contribution in [0.4, 0.5) is 5.82 Å². The molecule has 0 saturated carbocycles. The summed E-state index contributed by atoms with van der Waals surface area (Å²) < 4.78 is 11.6. The normalized spacial score (nSPS) is 25.7. The Balaban J connectivity index is 1.84. The number of hydrogen-bond donors (Lipinski definition) is 1. The molecule has 1 aromatic carbocycles. The first kappa shape index (κ1) is 25.0. The zero-order valence-electron chi connectivity index (χ0n) is 21.4. The van der Waals surface area contributed by atoms with Gasteiger partial charge < -0.3 is 25.0 Å². The quantitative estimate of drug-likeness (QED) is 0.657. The van der Waals surface area contributed by atoms with Crippen molar-refractivity contribution in [3.8, 4) is 5.75 Å². The van der Waals surface area contributed by atoms with Crippen LogP contribution in [-0.2, 0) is 20.7 Å². The Morgan fingerprint density at radius 1 is 1.20 bits per heavy atom. The smallest absolute Gasteiger partial charge is 0.329 e. The number of carbonyl (C=O) groups is 2. The first-order valence-electron chi connectivity index (χ1n) is 12.2. The van der Waals surface area contributed by atoms with Crippen molar-refractivity contribution in [3.63, 3.8) is 0 Å². The molecule has 8 nitrogen and oxygen atoms in total. The van der Waals surface area contributed by atoms with E-state index < -0.39 is 30.2 Å². The number of carbonyl (C=O) groups excluding carboxylic acids is 2. The topological polar surface area (TPSA) is 98.0 Å². The van der Waals surface area contributed by atoms with E-state index in [9.17, 15) is 9.59 Å². The fraction of sp³-hybridized carbons (Fsp3) is 0.519. The molecule has 2 N–H and O–H groups in total. The monoisotopic (exact) mass is 480 g/mol. The van der Waals surface area contributed by atoms with E-state index in [1.807, 2.05) is 76.2 Å². The van der Waals surface area contributed by atoms with Gasteiger partial charge in [0.25, 0.3) is 5.91 Å². The number of hydrogen-bond acceptors (Lipinski definition) is 7. The van der Waals surface area contributed by atoms with Gasteiger partial charge in [0.15, 0.2) is 6.10 Å². The predicted molar refractivity (Wildman–Crippen MR) is 134 cm³/mol. The maximum absolute atomic E-state index is 14.2. The number of esters is 1. The molecule has 35 heavy (non-hydrogen) atoms. The van der Waals surface area contributed by atoms with Gasteiger partial charge in [-0.25, -0.2) is 9.78 Å². The highest BCUT2D eigenvalue weighted by Crippen LogP contribution is 2.49. The Bertz CT molecular complexity index is 1070. The fourth-order valence-corrected chi connectivity index (χ4v) is 5.61. The van der Waals surface area contributed by atoms with Crippen LogP contribution in [0.25, 0.3) is 0 Å². The van der Waals surface area contributed by atoms with Crippen molar-refractivity contribution >= 4 is 17.7 Å². The van der Waals surface area contributed by atoms with Crippen molar-refractivity contribution < 1.29 is 19.1 Å². The first-order valence-corrected chi connectivity index (χ1v) is 12.2. The van der Waals surface area contributed by atoms with Gasteiger partial charge in [-0.05, 0) is 30.0 Å². The number of ether oxygens (including phenoxy) is 2. The molecule has 2 aliphatic rings. The number of para-hydroxylation sites is 1. The number of aromatic nitrogens is 1. The lowest BCUT2D eigenvalue weighted by Crippen LogP contribution is -2.51. The van der Waals surface area contributed by atoms with E-state index in [1.54, 1.807) is 18.0 Å². The van der Waals surface area contributed by atoms with E-state index in [2.05, 4.69) is 4.98 Å². The lowest BCUT2D eigenvalue weighted by molar-refractivity contribution is -0.159. The molecule has 0 aliphatic carbocycles. The van der Waals surface area contributed by atoms with Gasteiger partial charge in [0.05, 0.1) is 12.6 Å². The molecule has 1 aromatic heterocycles. The van der Waals surface area contributed by atoms with Gasteiger partial charge in [-0.2, -0.15) is 0 Å². The molecule has 2 aliphatic heterocycles. The fourth-order valence-electron chi connectivity index (χ4n) is 5.61. The van der Waals surface area contributed by atoms with Crippen molar-refractivity contribution in [3.05, 3.63) is 53.7 Å². The van der Waals surface area contributed by atoms with E-state index in [0.29, 0.717) is 18.0 Å². The van der Waals surface area contributed by atoms with Crippen molar-refractivity contribution in [2.75, 3.05) is 25.6 Å². The Morgan fingerprint density at radius 3 is 2.54 bits per heavy atom. The van der Waals surface area contributed by atoms with Gasteiger partial charge in [-0.1, -0.05) is 45.0 Å². The van der Waals surface area contributed by atoms with Crippen LogP contribution < -0.4 is 15.4 Å². The largest absolute Gasteiger partial charge is 0.480 e. The highest BCUT2D eigenvalue weighted by Gasteiger charge is 2.59. The number of fused-ring (bicyclic) bond motifs is 1. The molecule has 3 heterocycles. The summed E-state index contributed by atoms with van der Waals surface area (Å²) in [4.78, 5) is 35.8. The minimum atomic E-state index is -0.843. The number of benzene rings is 1. The molecular formula is C27H36N4O4. The number of pyridine rings is 1. The molecule has 1 amide bonds. The Kier molecular flexibility index (Phi) is 6.77. The molecule has 0 spiro atoms. The number of amides is 1. The van der Waals surface area contributed by atoms with Crippen LogP contribution in [0.5, 0.6) is 5.75 Å². The van der Waals surface area contributed by atoms with Gasteiger partial charge >= 0.3 is 5.97 Å². The summed E-state index contributed by atoms with van der Waals surface area (Å²) in [6, 6.07) is 9.48. The van der Waals surface area contributed by atoms with Crippen LogP contribution in [0.2, 0.25) is 0 Å². The van der Waals surface area contributed by atoms with Crippen molar-refractivity contribution in [1.29, 1.82) is 0 Å². The van der Waals surface area contributed by atoms with Gasteiger partial charge in [0.1, 0.15) is 17.6 Å². The number of nitrogens with zero attached hydrogens (tertiary/aromatic N) is 3. The maximum atomic E-state index is 14.2. The number of rotatable bonds is 5. The third-order valence-corrected chi connectivity index (χ3v) is 6.98. The van der Waals surface area contributed by atoms with E-state index in [4.69, 9.17) is 15.2 Å². The number of nitrogens with two attached hydrogens (primary N) is 1. The van der Waals surface area contributed by atoms with E-state index in [0.717, 1.165) is 11.1 Å². The van der Waals surface area contributed by atoms with Crippen LogP contribution in [0, 0.1) is 11.3 Å². The molecule has 1 saturated heterocycles. The molecule has 0 bridgehead atoms. The molecule has 2 aromatic rings. The molecule has 1 fully saturated rings. The van der Waals surface area contributed by atoms with Crippen LogP contribution in [0.15, 0.2) is 42.6 Å². The summed E-state index contributed by atoms with van der Waals surface area (Å²) in [5.74, 6) is 0.360. The van der Waals surface area contributed by atoms with Crippen LogP contribution in [0.3, 0.4) is 0 Å². The van der Waals surface area contributed by atoms with Crippen molar-refractivity contribution in [2.24, 2.45) is 17.1 Å². The third kappa shape index (κ3) is 4.47. The Hall–Kier alpha value is -3.13. The lowest BCUT2D eigenvalue weighted by Gasteiger charge is -2.35. The SMILES string of the molecule is CCOC(=O)[C@@H]1[C@@H](C(C)(C)C)[C@H](N)[C@H](c2cccnc2N(C)C)N1C(=O)[C@@H]1Cc2ccccc2O1. The minimum absolute atomic E-state index is 0.218. The molecule has 0 unspecified atom stereocenters.